The van der Waals surface area contributed by atoms with Crippen LogP contribution in [0.3, 0.4) is 0 Å². The number of hydrogen-bond acceptors (Lipinski definition) is 3. The first kappa shape index (κ1) is 27.3. The standard InChI is InChI=1S/C35H41FO3/c1-24-31(9-6-11-34(24)38)33-10-5-8-27-23-28(37)16-21-32(27)35(33)26-14-19-30(20-15-26)39-29-17-12-25(13-18-29)7-3-2-4-22-36/h6,9,11,14-16,19-21,23,25,29,37-38H,2-5,7-8,10,12-13,17-18,22H2,1H3. The van der Waals surface area contributed by atoms with E-state index in [1.165, 1.54) is 24.8 Å². The van der Waals surface area contributed by atoms with E-state index in [-0.39, 0.29) is 12.8 Å². The molecule has 0 heterocycles. The fourth-order valence-corrected chi connectivity index (χ4v) is 6.46. The van der Waals surface area contributed by atoms with Crippen molar-refractivity contribution in [3.63, 3.8) is 0 Å². The Kier molecular flexibility index (Phi) is 8.91. The normalized spacial score (nSPS) is 19.4. The third-order valence-electron chi connectivity index (χ3n) is 8.65. The predicted octanol–water partition coefficient (Wildman–Crippen LogP) is 9.17. The number of phenolic OH excluding ortho intramolecular Hbond substituents is 2. The number of aryl methyl sites for hydroxylation is 1. The van der Waals surface area contributed by atoms with Crippen molar-refractivity contribution < 1.29 is 19.3 Å². The van der Waals surface area contributed by atoms with Crippen LogP contribution in [0.1, 0.15) is 92.0 Å². The molecule has 0 saturated heterocycles. The Morgan fingerprint density at radius 2 is 1.64 bits per heavy atom. The lowest BCUT2D eigenvalue weighted by Crippen LogP contribution is -2.24. The monoisotopic (exact) mass is 528 g/mol. The predicted molar refractivity (Wildman–Crippen MR) is 157 cm³/mol. The molecule has 3 nitrogen and oxygen atoms in total. The lowest BCUT2D eigenvalue weighted by atomic mass is 9.84. The van der Waals surface area contributed by atoms with Gasteiger partial charge in [0.25, 0.3) is 0 Å². The van der Waals surface area contributed by atoms with Gasteiger partial charge in [0.1, 0.15) is 17.2 Å². The minimum Gasteiger partial charge on any atom is -0.508 e. The van der Waals surface area contributed by atoms with E-state index in [1.54, 1.807) is 12.1 Å². The molecule has 0 spiro atoms. The highest BCUT2D eigenvalue weighted by molar-refractivity contribution is 6.00. The summed E-state index contributed by atoms with van der Waals surface area (Å²) in [5.74, 6) is 2.27. The topological polar surface area (TPSA) is 49.7 Å². The van der Waals surface area contributed by atoms with Crippen molar-refractivity contribution >= 4 is 11.1 Å². The van der Waals surface area contributed by atoms with Gasteiger partial charge in [-0.05, 0) is 134 Å². The van der Waals surface area contributed by atoms with E-state index in [0.717, 1.165) is 90.0 Å². The maximum atomic E-state index is 12.3. The van der Waals surface area contributed by atoms with Crippen molar-refractivity contribution in [3.8, 4) is 17.2 Å². The average molecular weight is 529 g/mol. The fraction of sp³-hybridized carbons (Fsp3) is 0.429. The maximum absolute atomic E-state index is 12.3. The molecule has 5 rings (SSSR count). The number of phenols is 2. The number of hydrogen-bond donors (Lipinski definition) is 2. The summed E-state index contributed by atoms with van der Waals surface area (Å²) in [7, 11) is 0. The molecular formula is C35H41FO3. The van der Waals surface area contributed by atoms with E-state index in [4.69, 9.17) is 4.74 Å². The zero-order chi connectivity index (χ0) is 27.2. The molecule has 1 fully saturated rings. The van der Waals surface area contributed by atoms with Gasteiger partial charge in [0.05, 0.1) is 12.8 Å². The molecule has 1 saturated carbocycles. The molecule has 4 heteroatoms. The van der Waals surface area contributed by atoms with Crippen molar-refractivity contribution in [3.05, 3.63) is 88.5 Å². The van der Waals surface area contributed by atoms with Crippen LogP contribution < -0.4 is 4.74 Å². The average Bonchev–Trinajstić information content (AvgIpc) is 3.13. The quantitative estimate of drug-likeness (QED) is 0.272. The molecule has 0 aromatic heterocycles. The van der Waals surface area contributed by atoms with Gasteiger partial charge in [-0.15, -0.1) is 0 Å². The molecule has 0 aliphatic heterocycles. The van der Waals surface area contributed by atoms with Gasteiger partial charge in [-0.3, -0.25) is 4.39 Å². The second kappa shape index (κ2) is 12.7. The van der Waals surface area contributed by atoms with Crippen molar-refractivity contribution in [2.24, 2.45) is 5.92 Å². The van der Waals surface area contributed by atoms with Crippen LogP contribution in [0, 0.1) is 12.8 Å². The molecular weight excluding hydrogens is 487 g/mol. The number of fused-ring (bicyclic) bond motifs is 1. The number of ether oxygens (including phenoxy) is 1. The van der Waals surface area contributed by atoms with E-state index >= 15 is 0 Å². The summed E-state index contributed by atoms with van der Waals surface area (Å²) < 4.78 is 18.7. The highest BCUT2D eigenvalue weighted by Crippen LogP contribution is 2.43. The summed E-state index contributed by atoms with van der Waals surface area (Å²) in [6.45, 7) is 1.79. The first-order chi connectivity index (χ1) is 19.0. The summed E-state index contributed by atoms with van der Waals surface area (Å²) >= 11 is 0. The van der Waals surface area contributed by atoms with Gasteiger partial charge in [-0.2, -0.15) is 0 Å². The van der Waals surface area contributed by atoms with Crippen molar-refractivity contribution in [2.75, 3.05) is 6.67 Å². The number of allylic oxidation sites excluding steroid dienone is 1. The lowest BCUT2D eigenvalue weighted by Gasteiger charge is -2.29. The summed E-state index contributed by atoms with van der Waals surface area (Å²) in [6, 6.07) is 19.9. The fourth-order valence-electron chi connectivity index (χ4n) is 6.46. The van der Waals surface area contributed by atoms with Gasteiger partial charge in [0.2, 0.25) is 0 Å². The summed E-state index contributed by atoms with van der Waals surface area (Å²) in [5.41, 5.74) is 7.77. The molecule has 2 aliphatic rings. The summed E-state index contributed by atoms with van der Waals surface area (Å²) in [4.78, 5) is 0. The summed E-state index contributed by atoms with van der Waals surface area (Å²) in [5, 5.41) is 20.7. The van der Waals surface area contributed by atoms with Crippen LogP contribution in [0.2, 0.25) is 0 Å². The van der Waals surface area contributed by atoms with E-state index in [2.05, 4.69) is 30.3 Å². The van der Waals surface area contributed by atoms with E-state index in [1.807, 2.05) is 25.1 Å². The highest BCUT2D eigenvalue weighted by Gasteiger charge is 2.24. The van der Waals surface area contributed by atoms with Crippen LogP contribution >= 0.6 is 0 Å². The minimum absolute atomic E-state index is 0.191. The SMILES string of the molecule is Cc1c(O)cccc1C1=C(c2ccc(OC3CCC(CCCCCF)CC3)cc2)c2ccc(O)cc2CCC1. The number of halogens is 1. The van der Waals surface area contributed by atoms with Crippen molar-refractivity contribution in [1.82, 2.24) is 0 Å². The first-order valence-electron chi connectivity index (χ1n) is 14.7. The number of unbranched alkanes of at least 4 members (excludes halogenated alkanes) is 2. The Hall–Kier alpha value is -3.27. The largest absolute Gasteiger partial charge is 0.508 e. The Labute approximate surface area is 232 Å². The Morgan fingerprint density at radius 3 is 2.41 bits per heavy atom. The molecule has 3 aromatic carbocycles. The third-order valence-corrected chi connectivity index (χ3v) is 8.65. The molecule has 0 radical (unpaired) electrons. The summed E-state index contributed by atoms with van der Waals surface area (Å²) in [6.07, 6.45) is 11.6. The van der Waals surface area contributed by atoms with Crippen LogP contribution in [0.5, 0.6) is 17.2 Å². The van der Waals surface area contributed by atoms with Gasteiger partial charge in [-0.25, -0.2) is 0 Å². The van der Waals surface area contributed by atoms with Gasteiger partial charge in [0.15, 0.2) is 0 Å². The smallest absolute Gasteiger partial charge is 0.119 e. The second-order valence-corrected chi connectivity index (χ2v) is 11.3. The Balaban J connectivity index is 1.37. The second-order valence-electron chi connectivity index (χ2n) is 11.3. The molecule has 0 amide bonds. The van der Waals surface area contributed by atoms with Crippen LogP contribution in [0.25, 0.3) is 11.1 Å². The highest BCUT2D eigenvalue weighted by atomic mass is 19.1. The van der Waals surface area contributed by atoms with Crippen LogP contribution in [0.15, 0.2) is 60.7 Å². The molecule has 0 unspecified atom stereocenters. The molecule has 206 valence electrons. The molecule has 0 bridgehead atoms. The molecule has 2 aliphatic carbocycles. The number of benzene rings is 3. The molecule has 39 heavy (non-hydrogen) atoms. The minimum atomic E-state index is -0.191. The van der Waals surface area contributed by atoms with Crippen molar-refractivity contribution in [2.45, 2.75) is 83.7 Å². The zero-order valence-corrected chi connectivity index (χ0v) is 23.1. The molecule has 3 aromatic rings. The van der Waals surface area contributed by atoms with Gasteiger partial charge < -0.3 is 14.9 Å². The van der Waals surface area contributed by atoms with Crippen LogP contribution in [-0.2, 0) is 6.42 Å². The van der Waals surface area contributed by atoms with E-state index in [9.17, 15) is 14.6 Å². The number of alkyl halides is 1. The maximum Gasteiger partial charge on any atom is 0.119 e. The van der Waals surface area contributed by atoms with Gasteiger partial charge >= 0.3 is 0 Å². The van der Waals surface area contributed by atoms with Crippen LogP contribution in [-0.4, -0.2) is 23.0 Å². The zero-order valence-electron chi connectivity index (χ0n) is 23.1. The molecule has 0 atom stereocenters. The number of rotatable bonds is 9. The van der Waals surface area contributed by atoms with Gasteiger partial charge in [-0.1, -0.05) is 49.6 Å². The third kappa shape index (κ3) is 6.49. The van der Waals surface area contributed by atoms with Crippen LogP contribution in [0.4, 0.5) is 4.39 Å². The van der Waals surface area contributed by atoms with Gasteiger partial charge in [0, 0.05) is 0 Å². The molecule has 2 N–H and O–H groups in total. The Morgan fingerprint density at radius 1 is 0.846 bits per heavy atom. The Bertz CT molecular complexity index is 1290. The van der Waals surface area contributed by atoms with E-state index < -0.39 is 0 Å². The van der Waals surface area contributed by atoms with Crippen molar-refractivity contribution in [1.29, 1.82) is 0 Å². The lowest BCUT2D eigenvalue weighted by molar-refractivity contribution is 0.127. The number of aromatic hydroxyl groups is 2. The van der Waals surface area contributed by atoms with E-state index in [0.29, 0.717) is 17.9 Å². The first-order valence-corrected chi connectivity index (χ1v) is 14.7.